The fourth-order valence-electron chi connectivity index (χ4n) is 1.58. The van der Waals surface area contributed by atoms with E-state index in [9.17, 15) is 0 Å². The first-order valence-electron chi connectivity index (χ1n) is 7.59. The van der Waals surface area contributed by atoms with E-state index >= 15 is 0 Å². The molecular formula is C17H30N2OSi. The largest absolute Gasteiger partial charge is 0.497 e. The molecule has 3 nitrogen and oxygen atoms in total. The van der Waals surface area contributed by atoms with Crippen molar-refractivity contribution >= 4 is 13.9 Å². The number of aryl methyl sites for hydroxylation is 1. The van der Waals surface area contributed by atoms with E-state index in [0.717, 1.165) is 24.3 Å². The Bertz CT molecular complexity index is 473. The number of nitrogens with one attached hydrogen (secondary N) is 1. The van der Waals surface area contributed by atoms with Crippen molar-refractivity contribution in [1.82, 2.24) is 5.09 Å². The van der Waals surface area contributed by atoms with Gasteiger partial charge in [0.15, 0.2) is 8.24 Å². The highest BCUT2D eigenvalue weighted by Crippen LogP contribution is 2.33. The Balaban J connectivity index is 2.53. The third kappa shape index (κ3) is 5.54. The molecule has 0 aromatic heterocycles. The molecule has 0 aliphatic heterocycles. The monoisotopic (exact) mass is 306 g/mol. The van der Waals surface area contributed by atoms with Gasteiger partial charge in [-0.05, 0) is 55.6 Å². The van der Waals surface area contributed by atoms with Gasteiger partial charge in [0.05, 0.1) is 7.11 Å². The summed E-state index contributed by atoms with van der Waals surface area (Å²) in [6.07, 6.45) is 1.99. The fourth-order valence-corrected chi connectivity index (χ4v) is 2.38. The van der Waals surface area contributed by atoms with Gasteiger partial charge in [0.2, 0.25) is 0 Å². The Hall–Kier alpha value is -1.29. The maximum absolute atomic E-state index is 5.17. The minimum atomic E-state index is -1.54. The Labute approximate surface area is 130 Å². The number of nitrogens with zero attached hydrogens (tertiary/aromatic N) is 1. The average molecular weight is 307 g/mol. The van der Waals surface area contributed by atoms with Gasteiger partial charge < -0.3 is 9.83 Å². The molecule has 0 fully saturated rings. The molecule has 0 bridgehead atoms. The van der Waals surface area contributed by atoms with Gasteiger partial charge in [-0.1, -0.05) is 32.9 Å². The lowest BCUT2D eigenvalue weighted by Gasteiger charge is -2.35. The Morgan fingerprint density at radius 2 is 1.76 bits per heavy atom. The molecule has 21 heavy (non-hydrogen) atoms. The molecule has 118 valence electrons. The lowest BCUT2D eigenvalue weighted by Crippen LogP contribution is -2.49. The highest BCUT2D eigenvalue weighted by Gasteiger charge is 2.35. The fraction of sp³-hybridized carbons (Fsp3) is 0.588. The molecule has 1 aromatic rings. The van der Waals surface area contributed by atoms with Crippen LogP contribution in [0.4, 0.5) is 0 Å². The maximum atomic E-state index is 5.17. The van der Waals surface area contributed by atoms with Crippen molar-refractivity contribution in [3.63, 3.8) is 0 Å². The van der Waals surface area contributed by atoms with Crippen molar-refractivity contribution in [1.29, 1.82) is 0 Å². The van der Waals surface area contributed by atoms with Crippen LogP contribution in [0.2, 0.25) is 18.1 Å². The molecule has 0 aliphatic carbocycles. The molecule has 0 atom stereocenters. The molecule has 0 amide bonds. The number of hydrogen-bond donors (Lipinski definition) is 1. The maximum Gasteiger partial charge on any atom is 0.173 e. The summed E-state index contributed by atoms with van der Waals surface area (Å²) < 4.78 is 5.17. The molecule has 1 rings (SSSR count). The van der Waals surface area contributed by atoms with Gasteiger partial charge >= 0.3 is 0 Å². The summed E-state index contributed by atoms with van der Waals surface area (Å²) in [7, 11) is 0.150. The van der Waals surface area contributed by atoms with Crippen LogP contribution < -0.4 is 9.83 Å². The Morgan fingerprint density at radius 3 is 2.24 bits per heavy atom. The summed E-state index contributed by atoms with van der Waals surface area (Å²) >= 11 is 0. The lowest BCUT2D eigenvalue weighted by atomic mass is 10.1. The van der Waals surface area contributed by atoms with E-state index in [1.54, 1.807) is 7.11 Å². The smallest absolute Gasteiger partial charge is 0.173 e. The summed E-state index contributed by atoms with van der Waals surface area (Å²) in [4.78, 5) is 0. The Kier molecular flexibility index (Phi) is 6.02. The number of benzene rings is 1. The summed E-state index contributed by atoms with van der Waals surface area (Å²) in [6.45, 7) is 13.6. The first kappa shape index (κ1) is 17.8. The molecule has 0 spiro atoms. The van der Waals surface area contributed by atoms with Gasteiger partial charge in [-0.15, -0.1) is 0 Å². The summed E-state index contributed by atoms with van der Waals surface area (Å²) in [5.74, 6) is 0.906. The van der Waals surface area contributed by atoms with Gasteiger partial charge in [0, 0.05) is 5.71 Å². The van der Waals surface area contributed by atoms with E-state index in [-0.39, 0.29) is 0 Å². The molecule has 1 aromatic carbocycles. The van der Waals surface area contributed by atoms with Gasteiger partial charge in [-0.3, -0.25) is 0 Å². The van der Waals surface area contributed by atoms with Crippen LogP contribution in [0.1, 0.15) is 39.7 Å². The van der Waals surface area contributed by atoms with Crippen molar-refractivity contribution in [3.05, 3.63) is 29.8 Å². The van der Waals surface area contributed by atoms with Crippen molar-refractivity contribution < 1.29 is 4.74 Å². The van der Waals surface area contributed by atoms with Gasteiger partial charge in [-0.25, -0.2) is 0 Å². The van der Waals surface area contributed by atoms with Crippen LogP contribution in [0.15, 0.2) is 29.4 Å². The van der Waals surface area contributed by atoms with Crippen LogP contribution in [0, 0.1) is 0 Å². The van der Waals surface area contributed by atoms with E-state index < -0.39 is 8.24 Å². The first-order chi connectivity index (χ1) is 9.65. The second-order valence-electron chi connectivity index (χ2n) is 7.18. The lowest BCUT2D eigenvalue weighted by molar-refractivity contribution is 0.414. The Morgan fingerprint density at radius 1 is 1.19 bits per heavy atom. The standard InChI is InChI=1S/C17H30N2OSi/c1-14(18-19-21(6,7)17(2,3)4)8-9-15-10-12-16(20-5)13-11-15/h10-13,19H,8-9H2,1-7H3/b18-14-. The third-order valence-corrected chi connectivity index (χ3v) is 8.76. The van der Waals surface area contributed by atoms with Crippen molar-refractivity contribution in [2.24, 2.45) is 5.10 Å². The highest BCUT2D eigenvalue weighted by molar-refractivity contribution is 6.77. The zero-order chi connectivity index (χ0) is 16.1. The van der Waals surface area contributed by atoms with Crippen LogP contribution in [0.3, 0.4) is 0 Å². The highest BCUT2D eigenvalue weighted by atomic mass is 28.3. The minimum absolute atomic E-state index is 0.298. The minimum Gasteiger partial charge on any atom is -0.497 e. The van der Waals surface area contributed by atoms with E-state index in [1.165, 1.54) is 5.56 Å². The van der Waals surface area contributed by atoms with Gasteiger partial charge in [0.25, 0.3) is 0 Å². The summed E-state index contributed by atoms with van der Waals surface area (Å²) in [5.41, 5.74) is 2.48. The van der Waals surface area contributed by atoms with Crippen LogP contribution >= 0.6 is 0 Å². The van der Waals surface area contributed by atoms with Crippen molar-refractivity contribution in [2.75, 3.05) is 7.11 Å². The van der Waals surface area contributed by atoms with Crippen LogP contribution in [-0.4, -0.2) is 21.1 Å². The molecule has 0 saturated carbocycles. The molecule has 0 unspecified atom stereocenters. The quantitative estimate of drug-likeness (QED) is 0.473. The molecule has 0 saturated heterocycles. The van der Waals surface area contributed by atoms with Crippen LogP contribution in [-0.2, 0) is 6.42 Å². The molecule has 4 heteroatoms. The first-order valence-corrected chi connectivity index (χ1v) is 10.6. The topological polar surface area (TPSA) is 33.6 Å². The summed E-state index contributed by atoms with van der Waals surface area (Å²) in [6, 6.07) is 8.26. The van der Waals surface area contributed by atoms with Crippen molar-refractivity contribution in [2.45, 2.75) is 58.7 Å². The predicted octanol–water partition coefficient (Wildman–Crippen LogP) is 4.60. The second kappa shape index (κ2) is 7.12. The third-order valence-electron chi connectivity index (χ3n) is 4.34. The number of methoxy groups -OCH3 is 1. The van der Waals surface area contributed by atoms with E-state index in [0.29, 0.717) is 5.04 Å². The SMILES string of the molecule is COc1ccc(CC/C(C)=N\N[Si](C)(C)C(C)(C)C)cc1. The van der Waals surface area contributed by atoms with Gasteiger partial charge in [0.1, 0.15) is 5.75 Å². The number of rotatable bonds is 6. The zero-order valence-corrected chi connectivity index (χ0v) is 15.6. The molecule has 0 heterocycles. The van der Waals surface area contributed by atoms with Crippen LogP contribution in [0.5, 0.6) is 5.75 Å². The number of hydrazone groups is 1. The summed E-state index contributed by atoms with van der Waals surface area (Å²) in [5, 5.41) is 8.37. The normalized spacial score (nSPS) is 13.2. The predicted molar refractivity (Wildman–Crippen MR) is 94.8 cm³/mol. The van der Waals surface area contributed by atoms with Crippen molar-refractivity contribution in [3.8, 4) is 5.75 Å². The van der Waals surface area contributed by atoms with Gasteiger partial charge in [-0.2, -0.15) is 5.10 Å². The number of hydrogen-bond acceptors (Lipinski definition) is 3. The average Bonchev–Trinajstić information content (AvgIpc) is 2.42. The molecule has 1 N–H and O–H groups in total. The molecular weight excluding hydrogens is 276 g/mol. The number of ether oxygens (including phenoxy) is 1. The van der Waals surface area contributed by atoms with E-state index in [4.69, 9.17) is 4.74 Å². The zero-order valence-electron chi connectivity index (χ0n) is 14.6. The van der Waals surface area contributed by atoms with Crippen LogP contribution in [0.25, 0.3) is 0 Å². The molecule has 0 aliphatic rings. The molecule has 0 radical (unpaired) electrons. The van der Waals surface area contributed by atoms with E-state index in [2.05, 4.69) is 63.1 Å². The second-order valence-corrected chi connectivity index (χ2v) is 12.2. The van der Waals surface area contributed by atoms with E-state index in [1.807, 2.05) is 12.1 Å².